The predicted molar refractivity (Wildman–Crippen MR) is 76.8 cm³/mol. The van der Waals surface area contributed by atoms with E-state index in [0.717, 1.165) is 17.1 Å². The van der Waals surface area contributed by atoms with Gasteiger partial charge in [-0.2, -0.15) is 0 Å². The molecule has 3 N–H and O–H groups in total. The van der Waals surface area contributed by atoms with Crippen LogP contribution < -0.4 is 15.8 Å². The molecule has 2 aromatic rings. The molecule has 0 fully saturated rings. The van der Waals surface area contributed by atoms with Gasteiger partial charge < -0.3 is 15.8 Å². The van der Waals surface area contributed by atoms with Gasteiger partial charge in [-0.05, 0) is 37.3 Å². The molecule has 0 aliphatic carbocycles. The van der Waals surface area contributed by atoms with E-state index < -0.39 is 0 Å². The molecule has 0 heterocycles. The minimum atomic E-state index is 0.594. The number of nitrogen functional groups attached to an aromatic ring is 1. The summed E-state index contributed by atoms with van der Waals surface area (Å²) in [6.45, 7) is 2.60. The molecule has 94 valence electrons. The normalized spacial score (nSPS) is 10.1. The lowest BCUT2D eigenvalue weighted by atomic mass is 10.2. The minimum Gasteiger partial charge on any atom is -0.494 e. The fourth-order valence-corrected chi connectivity index (χ4v) is 1.85. The van der Waals surface area contributed by atoms with Crippen molar-refractivity contribution < 1.29 is 4.74 Å². The van der Waals surface area contributed by atoms with E-state index in [1.807, 2.05) is 37.3 Å². The van der Waals surface area contributed by atoms with Gasteiger partial charge in [0.2, 0.25) is 0 Å². The van der Waals surface area contributed by atoms with Gasteiger partial charge in [0.15, 0.2) is 0 Å². The van der Waals surface area contributed by atoms with E-state index in [2.05, 4.69) is 5.32 Å². The first-order valence-corrected chi connectivity index (χ1v) is 6.11. The molecule has 0 aromatic heterocycles. The number of halogens is 1. The largest absolute Gasteiger partial charge is 0.494 e. The highest BCUT2D eigenvalue weighted by atomic mass is 35.5. The van der Waals surface area contributed by atoms with Crippen LogP contribution in [0.2, 0.25) is 5.02 Å². The molecule has 4 heteroatoms. The molecule has 0 amide bonds. The average molecular weight is 263 g/mol. The Morgan fingerprint density at radius 1 is 1.22 bits per heavy atom. The van der Waals surface area contributed by atoms with Crippen molar-refractivity contribution in [3.05, 3.63) is 47.5 Å². The summed E-state index contributed by atoms with van der Waals surface area (Å²) in [6, 6.07) is 13.1. The second kappa shape index (κ2) is 5.65. The average Bonchev–Trinajstić information content (AvgIpc) is 2.34. The maximum atomic E-state index is 6.11. The van der Waals surface area contributed by atoms with E-state index in [4.69, 9.17) is 22.1 Å². The summed E-state index contributed by atoms with van der Waals surface area (Å²) in [6.07, 6.45) is 0. The van der Waals surface area contributed by atoms with E-state index in [1.54, 1.807) is 12.1 Å². The molecule has 0 spiro atoms. The number of ether oxygens (including phenoxy) is 1. The van der Waals surface area contributed by atoms with Crippen LogP contribution in [-0.2, 0) is 0 Å². The van der Waals surface area contributed by atoms with Gasteiger partial charge in [-0.15, -0.1) is 0 Å². The first-order chi connectivity index (χ1) is 8.69. The summed E-state index contributed by atoms with van der Waals surface area (Å²) in [5.74, 6) is 0.828. The summed E-state index contributed by atoms with van der Waals surface area (Å²) in [7, 11) is 0. The summed E-state index contributed by atoms with van der Waals surface area (Å²) < 4.78 is 5.44. The van der Waals surface area contributed by atoms with Gasteiger partial charge in [0, 0.05) is 17.4 Å². The maximum absolute atomic E-state index is 6.11. The number of benzene rings is 2. The monoisotopic (exact) mass is 262 g/mol. The lowest BCUT2D eigenvalue weighted by molar-refractivity contribution is 0.340. The Bertz CT molecular complexity index is 543. The van der Waals surface area contributed by atoms with Crippen molar-refractivity contribution in [3.8, 4) is 5.75 Å². The van der Waals surface area contributed by atoms with Crippen LogP contribution in [0.3, 0.4) is 0 Å². The SMILES string of the molecule is CCOc1cccc(Nc2ccc(N)cc2Cl)c1. The third-order valence-corrected chi connectivity index (χ3v) is 2.73. The molecule has 0 unspecified atom stereocenters. The Morgan fingerprint density at radius 2 is 2.06 bits per heavy atom. The van der Waals surface area contributed by atoms with Gasteiger partial charge >= 0.3 is 0 Å². The molecule has 0 bridgehead atoms. The number of nitrogens with two attached hydrogens (primary N) is 1. The van der Waals surface area contributed by atoms with Crippen molar-refractivity contribution in [3.63, 3.8) is 0 Å². The van der Waals surface area contributed by atoms with E-state index in [-0.39, 0.29) is 0 Å². The highest BCUT2D eigenvalue weighted by Gasteiger charge is 2.02. The molecule has 0 radical (unpaired) electrons. The molecule has 0 saturated carbocycles. The van der Waals surface area contributed by atoms with Gasteiger partial charge in [0.25, 0.3) is 0 Å². The van der Waals surface area contributed by atoms with Gasteiger partial charge in [0.05, 0.1) is 17.3 Å². The Balaban J connectivity index is 2.20. The lowest BCUT2D eigenvalue weighted by Gasteiger charge is -2.10. The zero-order valence-corrected chi connectivity index (χ0v) is 10.9. The second-order valence-electron chi connectivity index (χ2n) is 3.83. The standard InChI is InChI=1S/C14H15ClN2O/c1-2-18-12-5-3-4-11(9-12)17-14-7-6-10(16)8-13(14)15/h3-9,17H,2,16H2,1H3. The lowest BCUT2D eigenvalue weighted by Crippen LogP contribution is -1.95. The zero-order chi connectivity index (χ0) is 13.0. The second-order valence-corrected chi connectivity index (χ2v) is 4.23. The van der Waals surface area contributed by atoms with Crippen molar-refractivity contribution in [1.29, 1.82) is 0 Å². The maximum Gasteiger partial charge on any atom is 0.121 e. The summed E-state index contributed by atoms with van der Waals surface area (Å²) in [4.78, 5) is 0. The van der Waals surface area contributed by atoms with Crippen LogP contribution in [0.5, 0.6) is 5.75 Å². The molecule has 0 aliphatic heterocycles. The minimum absolute atomic E-state index is 0.594. The highest BCUT2D eigenvalue weighted by Crippen LogP contribution is 2.28. The highest BCUT2D eigenvalue weighted by molar-refractivity contribution is 6.33. The van der Waals surface area contributed by atoms with Crippen molar-refractivity contribution >= 4 is 28.7 Å². The molecule has 18 heavy (non-hydrogen) atoms. The Labute approximate surface area is 112 Å². The third kappa shape index (κ3) is 3.08. The van der Waals surface area contributed by atoms with Crippen LogP contribution in [-0.4, -0.2) is 6.61 Å². The van der Waals surface area contributed by atoms with Crippen LogP contribution >= 0.6 is 11.6 Å². The van der Waals surface area contributed by atoms with Crippen molar-refractivity contribution in [2.45, 2.75) is 6.92 Å². The van der Waals surface area contributed by atoms with Crippen LogP contribution in [0, 0.1) is 0 Å². The number of hydrogen-bond donors (Lipinski definition) is 2. The molecular formula is C14H15ClN2O. The molecule has 2 aromatic carbocycles. The van der Waals surface area contributed by atoms with E-state index >= 15 is 0 Å². The van der Waals surface area contributed by atoms with Crippen molar-refractivity contribution in [2.75, 3.05) is 17.7 Å². The molecule has 0 saturated heterocycles. The topological polar surface area (TPSA) is 47.3 Å². The number of rotatable bonds is 4. The van der Waals surface area contributed by atoms with Gasteiger partial charge in [0.1, 0.15) is 5.75 Å². The first-order valence-electron chi connectivity index (χ1n) is 5.74. The molecular weight excluding hydrogens is 248 g/mol. The number of anilines is 3. The number of hydrogen-bond acceptors (Lipinski definition) is 3. The Morgan fingerprint density at radius 3 is 2.78 bits per heavy atom. The molecule has 0 aliphatic rings. The fourth-order valence-electron chi connectivity index (χ4n) is 1.62. The van der Waals surface area contributed by atoms with E-state index in [0.29, 0.717) is 17.3 Å². The molecule has 3 nitrogen and oxygen atoms in total. The predicted octanol–water partition coefficient (Wildman–Crippen LogP) is 4.06. The van der Waals surface area contributed by atoms with Crippen LogP contribution in [0.15, 0.2) is 42.5 Å². The third-order valence-electron chi connectivity index (χ3n) is 2.42. The van der Waals surface area contributed by atoms with Crippen LogP contribution in [0.1, 0.15) is 6.92 Å². The van der Waals surface area contributed by atoms with Crippen LogP contribution in [0.25, 0.3) is 0 Å². The molecule has 2 rings (SSSR count). The smallest absolute Gasteiger partial charge is 0.121 e. The first kappa shape index (κ1) is 12.6. The Hall–Kier alpha value is -1.87. The zero-order valence-electron chi connectivity index (χ0n) is 10.1. The molecule has 0 atom stereocenters. The van der Waals surface area contributed by atoms with Gasteiger partial charge in [-0.25, -0.2) is 0 Å². The summed E-state index contributed by atoms with van der Waals surface area (Å²) in [5.41, 5.74) is 8.04. The fraction of sp³-hybridized carbons (Fsp3) is 0.143. The summed E-state index contributed by atoms with van der Waals surface area (Å²) >= 11 is 6.11. The van der Waals surface area contributed by atoms with Crippen molar-refractivity contribution in [2.24, 2.45) is 0 Å². The van der Waals surface area contributed by atoms with E-state index in [1.165, 1.54) is 0 Å². The number of nitrogens with one attached hydrogen (secondary N) is 1. The summed E-state index contributed by atoms with van der Waals surface area (Å²) in [5, 5.41) is 3.82. The quantitative estimate of drug-likeness (QED) is 0.817. The van der Waals surface area contributed by atoms with E-state index in [9.17, 15) is 0 Å². The van der Waals surface area contributed by atoms with Gasteiger partial charge in [-0.1, -0.05) is 17.7 Å². The van der Waals surface area contributed by atoms with Gasteiger partial charge in [-0.3, -0.25) is 0 Å². The van der Waals surface area contributed by atoms with Crippen molar-refractivity contribution in [1.82, 2.24) is 0 Å². The Kier molecular flexibility index (Phi) is 3.95. The van der Waals surface area contributed by atoms with Crippen LogP contribution in [0.4, 0.5) is 17.1 Å².